The van der Waals surface area contributed by atoms with Gasteiger partial charge in [-0.3, -0.25) is 9.48 Å². The lowest BCUT2D eigenvalue weighted by atomic mass is 10.0. The predicted molar refractivity (Wildman–Crippen MR) is 136 cm³/mol. The number of hydrogen-bond acceptors (Lipinski definition) is 5. The minimum Gasteiger partial charge on any atom is -0.493 e. The summed E-state index contributed by atoms with van der Waals surface area (Å²) in [6.07, 6.45) is 2.02. The molecule has 1 saturated carbocycles. The van der Waals surface area contributed by atoms with Crippen molar-refractivity contribution in [3.05, 3.63) is 71.0 Å². The maximum atomic E-state index is 13.6. The highest BCUT2D eigenvalue weighted by atomic mass is 16.5. The molecule has 2 aromatic carbocycles. The molecule has 1 aliphatic rings. The van der Waals surface area contributed by atoms with E-state index in [0.717, 1.165) is 51.8 Å². The van der Waals surface area contributed by atoms with E-state index in [2.05, 4.69) is 36.3 Å². The molecule has 0 N–H and O–H groups in total. The second kappa shape index (κ2) is 9.06. The smallest absolute Gasteiger partial charge is 0.272 e. The second-order valence-electron chi connectivity index (χ2n) is 9.22. The van der Waals surface area contributed by atoms with E-state index in [9.17, 15) is 4.79 Å². The highest BCUT2D eigenvalue weighted by molar-refractivity contribution is 5.93. The Hall–Kier alpha value is -3.87. The number of hydrogen-bond donors (Lipinski definition) is 0. The van der Waals surface area contributed by atoms with Gasteiger partial charge in [-0.1, -0.05) is 12.1 Å². The average Bonchev–Trinajstić information content (AvgIpc) is 3.64. The topological polar surface area (TPSA) is 69.5 Å². The van der Waals surface area contributed by atoms with E-state index in [0.29, 0.717) is 23.7 Å². The third kappa shape index (κ3) is 4.46. The zero-order valence-electron chi connectivity index (χ0n) is 20.8. The van der Waals surface area contributed by atoms with Crippen molar-refractivity contribution in [2.45, 2.75) is 39.3 Å². The third-order valence-corrected chi connectivity index (χ3v) is 6.52. The number of aryl methyl sites for hydroxylation is 3. The third-order valence-electron chi connectivity index (χ3n) is 6.52. The molecule has 35 heavy (non-hydrogen) atoms. The molecule has 7 nitrogen and oxygen atoms in total. The maximum absolute atomic E-state index is 13.6. The highest BCUT2D eigenvalue weighted by Crippen LogP contribution is 2.36. The SMILES string of the molecule is COc1ccc(-c2nc3cc(C)ccc3cc2CN(C(=O)c2cc(C)nn2C)C2CC2)cc1OC. The first kappa shape index (κ1) is 22.9. The van der Waals surface area contributed by atoms with Crippen molar-refractivity contribution in [2.75, 3.05) is 14.2 Å². The van der Waals surface area contributed by atoms with Gasteiger partial charge in [0.15, 0.2) is 11.5 Å². The fraction of sp³-hybridized carbons (Fsp3) is 0.321. The molecule has 0 bridgehead atoms. The molecule has 0 aliphatic heterocycles. The Bertz CT molecular complexity index is 1420. The molecule has 0 radical (unpaired) electrons. The minimum atomic E-state index is -0.00198. The van der Waals surface area contributed by atoms with Crippen molar-refractivity contribution in [1.29, 1.82) is 0 Å². The number of carbonyl (C=O) groups excluding carboxylic acids is 1. The number of aromatic nitrogens is 3. The molecule has 0 spiro atoms. The number of nitrogens with zero attached hydrogens (tertiary/aromatic N) is 4. The summed E-state index contributed by atoms with van der Waals surface area (Å²) < 4.78 is 12.7. The van der Waals surface area contributed by atoms with Crippen LogP contribution in [0.25, 0.3) is 22.2 Å². The van der Waals surface area contributed by atoms with Gasteiger partial charge < -0.3 is 14.4 Å². The molecule has 0 atom stereocenters. The van der Waals surface area contributed by atoms with Crippen LogP contribution >= 0.6 is 0 Å². The number of rotatable bonds is 7. The zero-order valence-corrected chi connectivity index (χ0v) is 20.8. The molecule has 0 saturated heterocycles. The normalized spacial score (nSPS) is 13.2. The van der Waals surface area contributed by atoms with Crippen molar-refractivity contribution < 1.29 is 14.3 Å². The van der Waals surface area contributed by atoms with Crippen LogP contribution in [0.1, 0.15) is 40.2 Å². The average molecular weight is 471 g/mol. The van der Waals surface area contributed by atoms with Gasteiger partial charge in [0.25, 0.3) is 5.91 Å². The number of ether oxygens (including phenoxy) is 2. The van der Waals surface area contributed by atoms with Crippen LogP contribution in [0.15, 0.2) is 48.5 Å². The molecular weight excluding hydrogens is 440 g/mol. The molecule has 180 valence electrons. The molecule has 2 heterocycles. The van der Waals surface area contributed by atoms with Gasteiger partial charge in [0, 0.05) is 30.6 Å². The van der Waals surface area contributed by atoms with Crippen LogP contribution in [0.3, 0.4) is 0 Å². The van der Waals surface area contributed by atoms with Crippen LogP contribution in [0, 0.1) is 13.8 Å². The number of pyridine rings is 1. The van der Waals surface area contributed by atoms with E-state index in [1.54, 1.807) is 18.9 Å². The second-order valence-corrected chi connectivity index (χ2v) is 9.22. The molecule has 1 amide bonds. The van der Waals surface area contributed by atoms with Crippen LogP contribution < -0.4 is 9.47 Å². The quantitative estimate of drug-likeness (QED) is 0.377. The number of carbonyl (C=O) groups is 1. The minimum absolute atomic E-state index is 0.00198. The molecule has 7 heteroatoms. The lowest BCUT2D eigenvalue weighted by Crippen LogP contribution is -2.34. The Morgan fingerprint density at radius 3 is 2.46 bits per heavy atom. The van der Waals surface area contributed by atoms with Gasteiger partial charge in [-0.2, -0.15) is 5.10 Å². The van der Waals surface area contributed by atoms with E-state index < -0.39 is 0 Å². The summed E-state index contributed by atoms with van der Waals surface area (Å²) >= 11 is 0. The van der Waals surface area contributed by atoms with E-state index >= 15 is 0 Å². The van der Waals surface area contributed by atoms with Gasteiger partial charge in [-0.25, -0.2) is 4.98 Å². The Morgan fingerprint density at radius 1 is 1.03 bits per heavy atom. The Labute approximate surface area is 205 Å². The summed E-state index contributed by atoms with van der Waals surface area (Å²) in [5, 5.41) is 5.43. The van der Waals surface area contributed by atoms with E-state index in [4.69, 9.17) is 14.5 Å². The van der Waals surface area contributed by atoms with Crippen LogP contribution in [-0.4, -0.2) is 45.8 Å². The van der Waals surface area contributed by atoms with Crippen molar-refractivity contribution in [2.24, 2.45) is 7.05 Å². The maximum Gasteiger partial charge on any atom is 0.272 e. The van der Waals surface area contributed by atoms with Crippen LogP contribution in [0.5, 0.6) is 11.5 Å². The lowest BCUT2D eigenvalue weighted by molar-refractivity contribution is 0.0719. The molecule has 5 rings (SSSR count). The summed E-state index contributed by atoms with van der Waals surface area (Å²) in [5.41, 5.74) is 6.26. The van der Waals surface area contributed by atoms with E-state index in [1.165, 1.54) is 0 Å². The summed E-state index contributed by atoms with van der Waals surface area (Å²) in [5.74, 6) is 1.30. The summed E-state index contributed by atoms with van der Waals surface area (Å²) in [6.45, 7) is 4.44. The van der Waals surface area contributed by atoms with E-state index in [1.807, 2.05) is 43.1 Å². The van der Waals surface area contributed by atoms with Crippen LogP contribution in [0.2, 0.25) is 0 Å². The summed E-state index contributed by atoms with van der Waals surface area (Å²) in [6, 6.07) is 16.3. The Kier molecular flexibility index (Phi) is 5.93. The summed E-state index contributed by atoms with van der Waals surface area (Å²) in [7, 11) is 5.07. The zero-order chi connectivity index (χ0) is 24.7. The van der Waals surface area contributed by atoms with Crippen molar-refractivity contribution in [3.8, 4) is 22.8 Å². The van der Waals surface area contributed by atoms with Gasteiger partial charge in [-0.15, -0.1) is 0 Å². The number of amides is 1. The summed E-state index contributed by atoms with van der Waals surface area (Å²) in [4.78, 5) is 20.7. The fourth-order valence-electron chi connectivity index (χ4n) is 4.57. The molecular formula is C28H30N4O3. The predicted octanol–water partition coefficient (Wildman–Crippen LogP) is 5.07. The van der Waals surface area contributed by atoms with Gasteiger partial charge in [0.05, 0.1) is 31.1 Å². The molecule has 2 aromatic heterocycles. The Morgan fingerprint density at radius 2 is 1.80 bits per heavy atom. The highest BCUT2D eigenvalue weighted by Gasteiger charge is 2.35. The molecule has 1 aliphatic carbocycles. The fourth-order valence-corrected chi connectivity index (χ4v) is 4.57. The van der Waals surface area contributed by atoms with E-state index in [-0.39, 0.29) is 11.9 Å². The van der Waals surface area contributed by atoms with Crippen LogP contribution in [0.4, 0.5) is 0 Å². The number of benzene rings is 2. The van der Waals surface area contributed by atoms with Gasteiger partial charge in [-0.05, 0) is 74.2 Å². The number of methoxy groups -OCH3 is 2. The van der Waals surface area contributed by atoms with Gasteiger partial charge >= 0.3 is 0 Å². The molecule has 4 aromatic rings. The largest absolute Gasteiger partial charge is 0.493 e. The first-order valence-electron chi connectivity index (χ1n) is 11.8. The van der Waals surface area contributed by atoms with Gasteiger partial charge in [0.2, 0.25) is 0 Å². The molecule has 1 fully saturated rings. The van der Waals surface area contributed by atoms with Crippen molar-refractivity contribution in [1.82, 2.24) is 19.7 Å². The monoisotopic (exact) mass is 470 g/mol. The first-order valence-corrected chi connectivity index (χ1v) is 11.8. The van der Waals surface area contributed by atoms with Gasteiger partial charge in [0.1, 0.15) is 5.69 Å². The molecule has 0 unspecified atom stereocenters. The lowest BCUT2D eigenvalue weighted by Gasteiger charge is -2.24. The van der Waals surface area contributed by atoms with Crippen LogP contribution in [-0.2, 0) is 13.6 Å². The Balaban J connectivity index is 1.62. The first-order chi connectivity index (χ1) is 16.9. The van der Waals surface area contributed by atoms with Crippen molar-refractivity contribution in [3.63, 3.8) is 0 Å². The number of fused-ring (bicyclic) bond motifs is 1. The standard InChI is InChI=1S/C28H30N4O3/c1-17-6-7-19-14-21(16-32(22-9-10-22)28(33)24-13-18(2)30-31(24)3)27(29-23(19)12-17)20-8-11-25(34-4)26(15-20)35-5/h6-8,11-15,22H,9-10,16H2,1-5H3. The van der Waals surface area contributed by atoms with Crippen molar-refractivity contribution >= 4 is 16.8 Å².